The van der Waals surface area contributed by atoms with Crippen LogP contribution < -0.4 is 4.74 Å². The zero-order valence-corrected chi connectivity index (χ0v) is 26.6. The number of aryl methyl sites for hydroxylation is 2. The van der Waals surface area contributed by atoms with Crippen molar-refractivity contribution < 1.29 is 30.7 Å². The molecule has 0 atom stereocenters. The van der Waals surface area contributed by atoms with Gasteiger partial charge in [0.1, 0.15) is 21.3 Å². The molecule has 0 unspecified atom stereocenters. The van der Waals surface area contributed by atoms with Gasteiger partial charge in [-0.25, -0.2) is 0 Å². The van der Waals surface area contributed by atoms with E-state index >= 15 is 0 Å². The molecule has 0 saturated carbocycles. The Bertz CT molecular complexity index is 1160. The Hall–Kier alpha value is -1.94. The number of ether oxygens (including phenoxy) is 1. The third kappa shape index (κ3) is 13.7. The maximum absolute atomic E-state index is 12.2. The Balaban J connectivity index is 2.06. The molecule has 0 heterocycles. The van der Waals surface area contributed by atoms with Gasteiger partial charge >= 0.3 is 0 Å². The SMILES string of the molecule is CCCCCCCCCCc1ccc(Oc2ccc(CCCCCCCCCC)cc2S(=O)(=O)O)c(S(=O)(=O)O)c1. The quantitative estimate of drug-likeness (QED) is 0.101. The average Bonchev–Trinajstić information content (AvgIpc) is 2.92. The molecular weight excluding hydrogens is 560 g/mol. The second-order valence-corrected chi connectivity index (χ2v) is 13.8. The van der Waals surface area contributed by atoms with Crippen molar-refractivity contribution >= 4 is 20.2 Å². The van der Waals surface area contributed by atoms with Crippen molar-refractivity contribution in [2.24, 2.45) is 0 Å². The lowest BCUT2D eigenvalue weighted by Gasteiger charge is -2.14. The maximum Gasteiger partial charge on any atom is 0.298 e. The molecule has 2 aromatic rings. The summed E-state index contributed by atoms with van der Waals surface area (Å²) in [4.78, 5) is -0.863. The van der Waals surface area contributed by atoms with E-state index in [-0.39, 0.29) is 11.5 Å². The fraction of sp³-hybridized carbons (Fsp3) is 0.625. The van der Waals surface area contributed by atoms with Crippen molar-refractivity contribution in [2.75, 3.05) is 0 Å². The van der Waals surface area contributed by atoms with Crippen LogP contribution in [0, 0.1) is 0 Å². The summed E-state index contributed by atoms with van der Waals surface area (Å²) in [6, 6.07) is 9.02. The Kier molecular flexibility index (Phi) is 16.0. The van der Waals surface area contributed by atoms with Crippen LogP contribution in [0.1, 0.15) is 128 Å². The molecule has 2 rings (SSSR count). The second kappa shape index (κ2) is 18.6. The minimum absolute atomic E-state index is 0.201. The average molecular weight is 611 g/mol. The molecule has 7 nitrogen and oxygen atoms in total. The lowest BCUT2D eigenvalue weighted by atomic mass is 10.0. The molecule has 0 aromatic heterocycles. The monoisotopic (exact) mass is 610 g/mol. The van der Waals surface area contributed by atoms with E-state index in [1.807, 2.05) is 0 Å². The van der Waals surface area contributed by atoms with Crippen LogP contribution in [0.3, 0.4) is 0 Å². The first kappa shape index (κ1) is 35.3. The Labute approximate surface area is 248 Å². The summed E-state index contributed by atoms with van der Waals surface area (Å²) < 4.78 is 74.2. The van der Waals surface area contributed by atoms with Gasteiger partial charge in [-0.3, -0.25) is 9.11 Å². The summed E-state index contributed by atoms with van der Waals surface area (Å²) in [5.41, 5.74) is 1.48. The highest BCUT2D eigenvalue weighted by Gasteiger charge is 2.23. The van der Waals surface area contributed by atoms with Crippen LogP contribution in [0.15, 0.2) is 46.2 Å². The number of benzene rings is 2. The van der Waals surface area contributed by atoms with Crippen molar-refractivity contribution in [2.45, 2.75) is 139 Å². The topological polar surface area (TPSA) is 118 Å². The van der Waals surface area contributed by atoms with E-state index in [2.05, 4.69) is 13.8 Å². The van der Waals surface area contributed by atoms with Crippen LogP contribution in [-0.2, 0) is 33.1 Å². The molecule has 0 saturated heterocycles. The molecule has 2 N–H and O–H groups in total. The first-order valence-corrected chi connectivity index (χ1v) is 18.3. The normalized spacial score (nSPS) is 12.1. The van der Waals surface area contributed by atoms with Crippen molar-refractivity contribution in [3.63, 3.8) is 0 Å². The molecule has 0 aliphatic rings. The molecular formula is C32H50O7S2. The van der Waals surface area contributed by atoms with Gasteiger partial charge in [0, 0.05) is 0 Å². The van der Waals surface area contributed by atoms with E-state index in [1.54, 1.807) is 12.1 Å². The predicted molar refractivity (Wildman–Crippen MR) is 165 cm³/mol. The summed E-state index contributed by atoms with van der Waals surface area (Å²) in [7, 11) is -9.29. The first-order valence-electron chi connectivity index (χ1n) is 15.4. The molecule has 0 bridgehead atoms. The molecule has 0 radical (unpaired) electrons. The van der Waals surface area contributed by atoms with Crippen LogP contribution in [0.2, 0.25) is 0 Å². The molecule has 0 amide bonds. The first-order chi connectivity index (χ1) is 19.6. The molecule has 9 heteroatoms. The van der Waals surface area contributed by atoms with Gasteiger partial charge in [0.25, 0.3) is 20.2 Å². The number of rotatable bonds is 22. The fourth-order valence-electron chi connectivity index (χ4n) is 5.03. The van der Waals surface area contributed by atoms with Gasteiger partial charge in [-0.05, 0) is 61.1 Å². The van der Waals surface area contributed by atoms with Gasteiger partial charge in [0.15, 0.2) is 0 Å². The Morgan fingerprint density at radius 1 is 0.512 bits per heavy atom. The largest absolute Gasteiger partial charge is 0.454 e. The van der Waals surface area contributed by atoms with Gasteiger partial charge in [-0.1, -0.05) is 116 Å². The van der Waals surface area contributed by atoms with Crippen LogP contribution >= 0.6 is 0 Å². The molecule has 0 aliphatic carbocycles. The highest BCUT2D eigenvalue weighted by Crippen LogP contribution is 2.34. The highest BCUT2D eigenvalue weighted by atomic mass is 32.2. The molecule has 232 valence electrons. The molecule has 0 spiro atoms. The highest BCUT2D eigenvalue weighted by molar-refractivity contribution is 7.86. The van der Waals surface area contributed by atoms with Gasteiger partial charge in [0.2, 0.25) is 0 Å². The van der Waals surface area contributed by atoms with Crippen LogP contribution in [0.5, 0.6) is 11.5 Å². The number of hydrogen-bond acceptors (Lipinski definition) is 5. The maximum atomic E-state index is 12.2. The third-order valence-corrected chi connectivity index (χ3v) is 9.18. The molecule has 2 aromatic carbocycles. The second-order valence-electron chi connectivity index (χ2n) is 11.1. The van der Waals surface area contributed by atoms with Gasteiger partial charge < -0.3 is 4.74 Å². The lowest BCUT2D eigenvalue weighted by molar-refractivity contribution is 0.433. The van der Waals surface area contributed by atoms with Crippen molar-refractivity contribution in [3.05, 3.63) is 47.5 Å². The Morgan fingerprint density at radius 3 is 1.15 bits per heavy atom. The van der Waals surface area contributed by atoms with E-state index in [4.69, 9.17) is 4.74 Å². The van der Waals surface area contributed by atoms with Crippen molar-refractivity contribution in [1.82, 2.24) is 0 Å². The standard InChI is InChI=1S/C32H50O7S2/c1-3-5-7-9-11-13-15-17-19-27-21-23-29(31(25-27)40(33,34)35)39-30-24-22-28(26-32(30)41(36,37)38)20-18-16-14-12-10-8-6-4-2/h21-26H,3-20H2,1-2H3,(H,33,34,35)(H,36,37,38). The van der Waals surface area contributed by atoms with Crippen LogP contribution in [0.25, 0.3) is 0 Å². The fourth-order valence-corrected chi connectivity index (χ4v) is 6.36. The third-order valence-electron chi connectivity index (χ3n) is 7.43. The summed E-state index contributed by atoms with van der Waals surface area (Å²) in [6.45, 7) is 4.39. The number of unbranched alkanes of at least 4 members (excludes halogenated alkanes) is 14. The minimum atomic E-state index is -4.64. The summed E-state index contributed by atoms with van der Waals surface area (Å²) >= 11 is 0. The molecule has 0 fully saturated rings. The van der Waals surface area contributed by atoms with Gasteiger partial charge in [-0.2, -0.15) is 16.8 Å². The summed E-state index contributed by atoms with van der Waals surface area (Å²) in [6.07, 6.45) is 19.8. The van der Waals surface area contributed by atoms with E-state index < -0.39 is 30.0 Å². The zero-order chi connectivity index (χ0) is 30.1. The summed E-state index contributed by atoms with van der Waals surface area (Å²) in [5.74, 6) is -0.402. The van der Waals surface area contributed by atoms with Crippen LogP contribution in [0.4, 0.5) is 0 Å². The minimum Gasteiger partial charge on any atom is -0.454 e. The molecule has 0 aliphatic heterocycles. The smallest absolute Gasteiger partial charge is 0.298 e. The van der Waals surface area contributed by atoms with Crippen molar-refractivity contribution in [1.29, 1.82) is 0 Å². The van der Waals surface area contributed by atoms with Gasteiger partial charge in [-0.15, -0.1) is 0 Å². The Morgan fingerprint density at radius 2 is 0.829 bits per heavy atom. The number of hydrogen-bond donors (Lipinski definition) is 2. The lowest BCUT2D eigenvalue weighted by Crippen LogP contribution is -2.06. The van der Waals surface area contributed by atoms with E-state index in [1.165, 1.54) is 88.5 Å². The molecule has 41 heavy (non-hydrogen) atoms. The van der Waals surface area contributed by atoms with E-state index in [9.17, 15) is 25.9 Å². The zero-order valence-electron chi connectivity index (χ0n) is 24.9. The predicted octanol–water partition coefficient (Wildman–Crippen LogP) is 9.34. The van der Waals surface area contributed by atoms with Crippen LogP contribution in [-0.4, -0.2) is 25.9 Å². The van der Waals surface area contributed by atoms with Gasteiger partial charge in [0.05, 0.1) is 0 Å². The van der Waals surface area contributed by atoms with E-state index in [0.29, 0.717) is 12.8 Å². The van der Waals surface area contributed by atoms with E-state index in [0.717, 1.165) is 49.7 Å². The van der Waals surface area contributed by atoms with Crippen molar-refractivity contribution in [3.8, 4) is 11.5 Å². The summed E-state index contributed by atoms with van der Waals surface area (Å²) in [5, 5.41) is 0.